The van der Waals surface area contributed by atoms with Gasteiger partial charge in [-0.1, -0.05) is 44.2 Å². The fourth-order valence-corrected chi connectivity index (χ4v) is 4.15. The van der Waals surface area contributed by atoms with Crippen molar-refractivity contribution in [1.82, 2.24) is 4.90 Å². The van der Waals surface area contributed by atoms with Crippen LogP contribution in [0, 0.1) is 5.41 Å². The quantitative estimate of drug-likeness (QED) is 0.657. The van der Waals surface area contributed by atoms with Crippen molar-refractivity contribution < 1.29 is 0 Å². The van der Waals surface area contributed by atoms with Crippen LogP contribution in [0.5, 0.6) is 0 Å². The molecule has 1 aromatic rings. The number of nitrogens with one attached hydrogen (secondary N) is 1. The first-order valence-electron chi connectivity index (χ1n) is 6.83. The lowest BCUT2D eigenvalue weighted by atomic mass is 9.97. The fraction of sp³-hybridized carbons (Fsp3) is 0.533. The van der Waals surface area contributed by atoms with Crippen molar-refractivity contribution in [1.29, 1.82) is 5.41 Å². The largest absolute Gasteiger partial charge is 0.387 e. The molecular formula is C15H23N3S. The molecule has 3 N–H and O–H groups in total. The van der Waals surface area contributed by atoms with Crippen LogP contribution >= 0.6 is 11.8 Å². The van der Waals surface area contributed by atoms with Crippen LogP contribution in [-0.4, -0.2) is 40.9 Å². The molecule has 1 heterocycles. The summed E-state index contributed by atoms with van der Waals surface area (Å²) in [6, 6.07) is 10.2. The monoisotopic (exact) mass is 277 g/mol. The topological polar surface area (TPSA) is 53.1 Å². The van der Waals surface area contributed by atoms with Gasteiger partial charge in [-0.3, -0.25) is 5.41 Å². The van der Waals surface area contributed by atoms with Crippen molar-refractivity contribution in [3.8, 4) is 0 Å². The zero-order valence-electron chi connectivity index (χ0n) is 11.7. The highest BCUT2D eigenvalue weighted by atomic mass is 32.2. The molecule has 104 valence electrons. The van der Waals surface area contributed by atoms with E-state index in [0.717, 1.165) is 25.2 Å². The number of hydrogen-bond donors (Lipinski definition) is 2. The van der Waals surface area contributed by atoms with Crippen molar-refractivity contribution >= 4 is 17.6 Å². The summed E-state index contributed by atoms with van der Waals surface area (Å²) in [6.45, 7) is 7.59. The van der Waals surface area contributed by atoms with Gasteiger partial charge < -0.3 is 10.6 Å². The molecule has 3 atom stereocenters. The number of rotatable bonds is 4. The number of nitrogens with zero attached hydrogens (tertiary/aromatic N) is 1. The van der Waals surface area contributed by atoms with Gasteiger partial charge in [0.15, 0.2) is 0 Å². The van der Waals surface area contributed by atoms with E-state index in [-0.39, 0.29) is 11.8 Å². The van der Waals surface area contributed by atoms with E-state index in [1.165, 1.54) is 0 Å². The molecule has 4 heteroatoms. The second-order valence-corrected chi connectivity index (χ2v) is 7.28. The number of benzene rings is 1. The second-order valence-electron chi connectivity index (χ2n) is 5.39. The minimum Gasteiger partial charge on any atom is -0.387 e. The van der Waals surface area contributed by atoms with Crippen LogP contribution < -0.4 is 5.73 Å². The Morgan fingerprint density at radius 2 is 1.89 bits per heavy atom. The van der Waals surface area contributed by atoms with E-state index in [1.54, 1.807) is 0 Å². The molecule has 0 bridgehead atoms. The lowest BCUT2D eigenvalue weighted by Crippen LogP contribution is -2.44. The Hall–Kier alpha value is -1.00. The first kappa shape index (κ1) is 14.4. The van der Waals surface area contributed by atoms with Crippen LogP contribution in [0.15, 0.2) is 30.3 Å². The van der Waals surface area contributed by atoms with Gasteiger partial charge in [0.2, 0.25) is 0 Å². The van der Waals surface area contributed by atoms with Crippen molar-refractivity contribution in [3.05, 3.63) is 35.9 Å². The molecule has 1 fully saturated rings. The molecule has 2 rings (SSSR count). The highest BCUT2D eigenvalue weighted by Crippen LogP contribution is 2.26. The molecule has 3 nitrogen and oxygen atoms in total. The Morgan fingerprint density at radius 1 is 1.32 bits per heavy atom. The zero-order valence-corrected chi connectivity index (χ0v) is 12.5. The molecule has 0 spiro atoms. The Balaban J connectivity index is 2.07. The Labute approximate surface area is 120 Å². The fourth-order valence-electron chi connectivity index (χ4n) is 2.76. The minimum atomic E-state index is 0.0173. The van der Waals surface area contributed by atoms with Gasteiger partial charge in [0, 0.05) is 30.1 Å². The molecule has 19 heavy (non-hydrogen) atoms. The molecule has 0 aromatic heterocycles. The summed E-state index contributed by atoms with van der Waals surface area (Å²) < 4.78 is 0. The molecule has 0 radical (unpaired) electrons. The predicted octanol–water partition coefficient (Wildman–Crippen LogP) is 2.53. The summed E-state index contributed by atoms with van der Waals surface area (Å²) in [5.41, 5.74) is 6.95. The van der Waals surface area contributed by atoms with E-state index in [0.29, 0.717) is 10.5 Å². The molecule has 3 unspecified atom stereocenters. The van der Waals surface area contributed by atoms with Gasteiger partial charge in [-0.2, -0.15) is 11.8 Å². The third kappa shape index (κ3) is 3.98. The van der Waals surface area contributed by atoms with Gasteiger partial charge in [-0.15, -0.1) is 0 Å². The SMILES string of the molecule is CC1CN(CC(C(=N)N)c2ccccc2)CC(C)S1. The Kier molecular flexibility index (Phi) is 4.88. The van der Waals surface area contributed by atoms with Crippen molar-refractivity contribution in [2.24, 2.45) is 5.73 Å². The third-order valence-corrected chi connectivity index (χ3v) is 4.74. The maximum absolute atomic E-state index is 7.85. The van der Waals surface area contributed by atoms with Crippen molar-refractivity contribution in [2.45, 2.75) is 30.3 Å². The summed E-state index contributed by atoms with van der Waals surface area (Å²) in [5.74, 6) is 0.286. The normalized spacial score (nSPS) is 26.0. The molecule has 0 saturated carbocycles. The standard InChI is InChI=1S/C15H23N3S/c1-11-8-18(9-12(2)19-11)10-14(15(16)17)13-6-4-3-5-7-13/h3-7,11-12,14H,8-10H2,1-2H3,(H3,16,17). The summed E-state index contributed by atoms with van der Waals surface area (Å²) in [6.07, 6.45) is 0. The lowest BCUT2D eigenvalue weighted by molar-refractivity contribution is 0.268. The van der Waals surface area contributed by atoms with Crippen LogP contribution in [0.25, 0.3) is 0 Å². The predicted molar refractivity (Wildman–Crippen MR) is 84.1 cm³/mol. The molecule has 1 aliphatic heterocycles. The van der Waals surface area contributed by atoms with Crippen molar-refractivity contribution in [3.63, 3.8) is 0 Å². The van der Waals surface area contributed by atoms with Gasteiger partial charge in [0.25, 0.3) is 0 Å². The maximum Gasteiger partial charge on any atom is 0.0995 e. The molecule has 1 aliphatic rings. The highest BCUT2D eigenvalue weighted by Gasteiger charge is 2.26. The van der Waals surface area contributed by atoms with E-state index in [2.05, 4.69) is 30.9 Å². The van der Waals surface area contributed by atoms with Crippen LogP contribution in [-0.2, 0) is 0 Å². The average molecular weight is 277 g/mol. The molecule has 1 saturated heterocycles. The maximum atomic E-state index is 7.85. The van der Waals surface area contributed by atoms with E-state index >= 15 is 0 Å². The second kappa shape index (κ2) is 6.44. The highest BCUT2D eigenvalue weighted by molar-refractivity contribution is 8.00. The van der Waals surface area contributed by atoms with Crippen LogP contribution in [0.2, 0.25) is 0 Å². The summed E-state index contributed by atoms with van der Waals surface area (Å²) in [5, 5.41) is 9.17. The first-order valence-corrected chi connectivity index (χ1v) is 7.77. The minimum absolute atomic E-state index is 0.0173. The summed E-state index contributed by atoms with van der Waals surface area (Å²) in [4.78, 5) is 2.45. The van der Waals surface area contributed by atoms with Crippen LogP contribution in [0.1, 0.15) is 25.3 Å². The molecule has 0 aliphatic carbocycles. The van der Waals surface area contributed by atoms with Crippen LogP contribution in [0.3, 0.4) is 0 Å². The molecular weight excluding hydrogens is 254 g/mol. The summed E-state index contributed by atoms with van der Waals surface area (Å²) in [7, 11) is 0. The van der Waals surface area contributed by atoms with E-state index in [9.17, 15) is 0 Å². The van der Waals surface area contributed by atoms with Crippen LogP contribution in [0.4, 0.5) is 0 Å². The van der Waals surface area contributed by atoms with E-state index in [4.69, 9.17) is 11.1 Å². The first-order chi connectivity index (χ1) is 9.06. The Bertz CT molecular complexity index is 411. The number of hydrogen-bond acceptors (Lipinski definition) is 3. The molecule has 1 aromatic carbocycles. The van der Waals surface area contributed by atoms with Gasteiger partial charge >= 0.3 is 0 Å². The van der Waals surface area contributed by atoms with Gasteiger partial charge in [-0.25, -0.2) is 0 Å². The van der Waals surface area contributed by atoms with E-state index in [1.807, 2.05) is 30.0 Å². The average Bonchev–Trinajstić information content (AvgIpc) is 2.35. The van der Waals surface area contributed by atoms with Gasteiger partial charge in [-0.05, 0) is 5.56 Å². The number of amidine groups is 1. The van der Waals surface area contributed by atoms with Gasteiger partial charge in [0.05, 0.1) is 11.8 Å². The molecule has 0 amide bonds. The number of thioether (sulfide) groups is 1. The zero-order chi connectivity index (χ0) is 13.8. The summed E-state index contributed by atoms with van der Waals surface area (Å²) >= 11 is 2.05. The smallest absolute Gasteiger partial charge is 0.0995 e. The number of nitrogens with two attached hydrogens (primary N) is 1. The van der Waals surface area contributed by atoms with Crippen molar-refractivity contribution in [2.75, 3.05) is 19.6 Å². The Morgan fingerprint density at radius 3 is 2.42 bits per heavy atom. The van der Waals surface area contributed by atoms with Gasteiger partial charge in [0.1, 0.15) is 0 Å². The lowest BCUT2D eigenvalue weighted by Gasteiger charge is -2.36. The van der Waals surface area contributed by atoms with E-state index < -0.39 is 0 Å². The third-order valence-electron chi connectivity index (χ3n) is 3.51.